The first-order valence-corrected chi connectivity index (χ1v) is 9.47. The Hall–Kier alpha value is -2.15. The number of methoxy groups -OCH3 is 1. The molecule has 1 N–H and O–H groups in total. The third-order valence-electron chi connectivity index (χ3n) is 6.23. The number of carbonyl (C=O) groups is 2. The Kier molecular flexibility index (Phi) is 3.35. The summed E-state index contributed by atoms with van der Waals surface area (Å²) in [5, 5.41) is 15.1. The molecule has 2 bridgehead atoms. The quantitative estimate of drug-likeness (QED) is 0.466. The molecule has 1 aromatic carbocycles. The van der Waals surface area contributed by atoms with Crippen molar-refractivity contribution in [1.82, 2.24) is 5.01 Å². The number of aromatic hydroxyl groups is 1. The van der Waals surface area contributed by atoms with Crippen LogP contribution in [0, 0.1) is 35.5 Å². The minimum absolute atomic E-state index is 0.00845. The van der Waals surface area contributed by atoms with Crippen LogP contribution in [-0.4, -0.2) is 35.3 Å². The van der Waals surface area contributed by atoms with Crippen molar-refractivity contribution < 1.29 is 19.4 Å². The number of imide groups is 1. The second-order valence-electron chi connectivity index (χ2n) is 7.44. The molecule has 1 aromatic rings. The van der Waals surface area contributed by atoms with E-state index in [9.17, 15) is 14.7 Å². The summed E-state index contributed by atoms with van der Waals surface area (Å²) in [6, 6.07) is 3.25. The monoisotopic (exact) mass is 416 g/mol. The first-order chi connectivity index (χ1) is 12.5. The molecule has 6 atom stereocenters. The molecular weight excluding hydrogens is 400 g/mol. The number of nitrogens with zero attached hydrogens (tertiary/aromatic N) is 2. The van der Waals surface area contributed by atoms with Gasteiger partial charge in [0.05, 0.1) is 29.6 Å². The molecule has 0 radical (unpaired) electrons. The van der Waals surface area contributed by atoms with Crippen LogP contribution >= 0.6 is 15.9 Å². The van der Waals surface area contributed by atoms with E-state index in [1.807, 2.05) is 0 Å². The van der Waals surface area contributed by atoms with Gasteiger partial charge in [-0.2, -0.15) is 10.1 Å². The lowest BCUT2D eigenvalue weighted by molar-refractivity contribution is -0.140. The Morgan fingerprint density at radius 3 is 2.38 bits per heavy atom. The molecule has 0 spiro atoms. The lowest BCUT2D eigenvalue weighted by atomic mass is 9.63. The van der Waals surface area contributed by atoms with E-state index in [4.69, 9.17) is 4.74 Å². The Labute approximate surface area is 158 Å². The Balaban J connectivity index is 1.44. The first-order valence-electron chi connectivity index (χ1n) is 8.68. The minimum Gasteiger partial charge on any atom is -0.503 e. The van der Waals surface area contributed by atoms with Gasteiger partial charge in [-0.05, 0) is 63.7 Å². The van der Waals surface area contributed by atoms with Gasteiger partial charge in [0.1, 0.15) is 0 Å². The van der Waals surface area contributed by atoms with Crippen LogP contribution in [-0.2, 0) is 9.59 Å². The molecule has 0 unspecified atom stereocenters. The van der Waals surface area contributed by atoms with Crippen LogP contribution in [0.3, 0.4) is 0 Å². The van der Waals surface area contributed by atoms with E-state index in [0.29, 0.717) is 21.9 Å². The van der Waals surface area contributed by atoms with E-state index in [1.54, 1.807) is 12.1 Å². The fourth-order valence-corrected chi connectivity index (χ4v) is 5.46. The molecule has 2 saturated carbocycles. The molecule has 1 heterocycles. The maximum absolute atomic E-state index is 12.9. The Morgan fingerprint density at radius 1 is 1.19 bits per heavy atom. The van der Waals surface area contributed by atoms with E-state index < -0.39 is 0 Å². The first kappa shape index (κ1) is 16.1. The second kappa shape index (κ2) is 5.42. The number of halogens is 1. The molecule has 3 fully saturated rings. The summed E-state index contributed by atoms with van der Waals surface area (Å²) >= 11 is 3.25. The normalized spacial score (nSPS) is 36.6. The highest BCUT2D eigenvalue weighted by Gasteiger charge is 2.67. The average molecular weight is 417 g/mol. The van der Waals surface area contributed by atoms with Crippen LogP contribution in [0.2, 0.25) is 0 Å². The SMILES string of the molecule is COc1cc(C=NN2C(=O)[C@@H]3[C@H]4C=C[C@@H]([C@@H]5C[C@@H]45)[C@@H]3C2=O)cc(Br)c1O. The predicted octanol–water partition coefficient (Wildman–Crippen LogP) is 2.55. The molecule has 0 aromatic heterocycles. The summed E-state index contributed by atoms with van der Waals surface area (Å²) in [4.78, 5) is 25.7. The largest absolute Gasteiger partial charge is 0.503 e. The molecular formula is C19H17BrN2O4. The zero-order chi connectivity index (χ0) is 18.2. The van der Waals surface area contributed by atoms with Gasteiger partial charge >= 0.3 is 0 Å². The molecule has 5 aliphatic rings. The summed E-state index contributed by atoms with van der Waals surface area (Å²) in [5.41, 5.74) is 0.617. The van der Waals surface area contributed by atoms with Gasteiger partial charge in [-0.1, -0.05) is 12.2 Å². The molecule has 6 rings (SSSR count). The van der Waals surface area contributed by atoms with Crippen molar-refractivity contribution in [2.45, 2.75) is 6.42 Å². The van der Waals surface area contributed by atoms with Crippen LogP contribution in [0.1, 0.15) is 12.0 Å². The standard InChI is InChI=1S/C19H17BrN2O4/c1-26-14-5-8(4-13(20)17(14)23)7-21-22-18(24)15-9-2-3-10(12-6-11(9)12)16(15)19(22)25/h2-5,7,9-12,15-16,23H,6H2,1H3/t9-,10-,11-,12-,15-,16+/m0/s1. The molecule has 1 aliphatic heterocycles. The van der Waals surface area contributed by atoms with E-state index in [2.05, 4.69) is 33.2 Å². The van der Waals surface area contributed by atoms with E-state index in [-0.39, 0.29) is 47.0 Å². The van der Waals surface area contributed by atoms with Crippen LogP contribution in [0.25, 0.3) is 0 Å². The maximum atomic E-state index is 12.9. The number of hydrazone groups is 1. The van der Waals surface area contributed by atoms with Gasteiger partial charge in [0.25, 0.3) is 11.8 Å². The van der Waals surface area contributed by atoms with Crippen molar-refractivity contribution in [3.05, 3.63) is 34.3 Å². The summed E-state index contributed by atoms with van der Waals surface area (Å²) in [7, 11) is 1.45. The number of hydrogen-bond acceptors (Lipinski definition) is 5. The summed E-state index contributed by atoms with van der Waals surface area (Å²) in [5.74, 6) is 0.926. The summed E-state index contributed by atoms with van der Waals surface area (Å²) in [6.45, 7) is 0. The lowest BCUT2D eigenvalue weighted by Crippen LogP contribution is -2.40. The molecule has 26 heavy (non-hydrogen) atoms. The van der Waals surface area contributed by atoms with Crippen LogP contribution in [0.15, 0.2) is 33.9 Å². The highest BCUT2D eigenvalue weighted by Crippen LogP contribution is 2.65. The third kappa shape index (κ3) is 2.06. The number of rotatable bonds is 3. The van der Waals surface area contributed by atoms with Crippen molar-refractivity contribution in [3.63, 3.8) is 0 Å². The van der Waals surface area contributed by atoms with E-state index >= 15 is 0 Å². The number of carbonyl (C=O) groups excluding carboxylic acids is 2. The number of benzene rings is 1. The number of amides is 2. The molecule has 134 valence electrons. The molecule has 2 amide bonds. The van der Waals surface area contributed by atoms with Crippen molar-refractivity contribution in [2.75, 3.05) is 7.11 Å². The topological polar surface area (TPSA) is 79.2 Å². The van der Waals surface area contributed by atoms with Gasteiger partial charge < -0.3 is 9.84 Å². The molecule has 7 heteroatoms. The predicted molar refractivity (Wildman–Crippen MR) is 96.5 cm³/mol. The highest BCUT2D eigenvalue weighted by atomic mass is 79.9. The smallest absolute Gasteiger partial charge is 0.254 e. The number of phenols is 1. The van der Waals surface area contributed by atoms with Crippen LogP contribution in [0.5, 0.6) is 11.5 Å². The summed E-state index contributed by atoms with van der Waals surface area (Å²) in [6.07, 6.45) is 6.87. The molecule has 6 nitrogen and oxygen atoms in total. The minimum atomic E-state index is -0.250. The Bertz CT molecular complexity index is 860. The second-order valence-corrected chi connectivity index (χ2v) is 8.30. The van der Waals surface area contributed by atoms with Crippen LogP contribution in [0.4, 0.5) is 0 Å². The van der Waals surface area contributed by atoms with Gasteiger partial charge in [0.15, 0.2) is 11.5 Å². The number of hydrogen-bond donors (Lipinski definition) is 1. The van der Waals surface area contributed by atoms with Gasteiger partial charge in [-0.25, -0.2) is 0 Å². The van der Waals surface area contributed by atoms with Gasteiger partial charge in [0.2, 0.25) is 0 Å². The van der Waals surface area contributed by atoms with Gasteiger partial charge in [-0.3, -0.25) is 9.59 Å². The zero-order valence-electron chi connectivity index (χ0n) is 14.0. The Morgan fingerprint density at radius 2 is 1.81 bits per heavy atom. The average Bonchev–Trinajstić information content (AvgIpc) is 3.41. The van der Waals surface area contributed by atoms with Crippen LogP contribution < -0.4 is 4.74 Å². The number of ether oxygens (including phenoxy) is 1. The van der Waals surface area contributed by atoms with Crippen molar-refractivity contribution in [3.8, 4) is 11.5 Å². The van der Waals surface area contributed by atoms with E-state index in [1.165, 1.54) is 13.3 Å². The van der Waals surface area contributed by atoms with E-state index in [0.717, 1.165) is 11.4 Å². The lowest BCUT2D eigenvalue weighted by Gasteiger charge is -2.37. The summed E-state index contributed by atoms with van der Waals surface area (Å²) < 4.78 is 5.57. The maximum Gasteiger partial charge on any atom is 0.254 e. The number of allylic oxidation sites excluding steroid dienone is 2. The molecule has 1 saturated heterocycles. The third-order valence-corrected chi connectivity index (χ3v) is 6.84. The fraction of sp³-hybridized carbons (Fsp3) is 0.421. The van der Waals surface area contributed by atoms with Crippen molar-refractivity contribution in [2.24, 2.45) is 40.6 Å². The van der Waals surface area contributed by atoms with Gasteiger partial charge in [-0.15, -0.1) is 0 Å². The van der Waals surface area contributed by atoms with Crippen molar-refractivity contribution in [1.29, 1.82) is 0 Å². The van der Waals surface area contributed by atoms with Gasteiger partial charge in [0, 0.05) is 0 Å². The molecule has 4 aliphatic carbocycles. The highest BCUT2D eigenvalue weighted by molar-refractivity contribution is 9.10. The fourth-order valence-electron chi connectivity index (χ4n) is 5.00. The zero-order valence-corrected chi connectivity index (χ0v) is 15.6. The van der Waals surface area contributed by atoms with Crippen molar-refractivity contribution >= 4 is 34.0 Å². The number of phenolic OH excluding ortho intramolecular Hbond substituents is 1.